The average Bonchev–Trinajstić information content (AvgIpc) is 2.92. The van der Waals surface area contributed by atoms with Crippen LogP contribution in [-0.2, 0) is 0 Å². The normalized spacial score (nSPS) is 15.1. The van der Waals surface area contributed by atoms with Gasteiger partial charge in [0.15, 0.2) is 0 Å². The Balaban J connectivity index is 0.00000264. The Morgan fingerprint density at radius 1 is 1.35 bits per heavy atom. The highest BCUT2D eigenvalue weighted by molar-refractivity contribution is 5.97. The van der Waals surface area contributed by atoms with Crippen LogP contribution in [0.4, 0.5) is 10.5 Å². The molecule has 0 radical (unpaired) electrons. The van der Waals surface area contributed by atoms with Gasteiger partial charge >= 0.3 is 6.03 Å². The van der Waals surface area contributed by atoms with Crippen LogP contribution in [0.15, 0.2) is 24.3 Å². The van der Waals surface area contributed by atoms with Gasteiger partial charge in [-0.3, -0.25) is 9.69 Å². The molecule has 1 saturated heterocycles. The molecule has 1 aliphatic rings. The molecule has 0 aliphatic carbocycles. The summed E-state index contributed by atoms with van der Waals surface area (Å²) >= 11 is 0. The van der Waals surface area contributed by atoms with Crippen LogP contribution in [0.1, 0.15) is 30.6 Å². The molecule has 23 heavy (non-hydrogen) atoms. The average molecular weight is 341 g/mol. The van der Waals surface area contributed by atoms with Crippen molar-refractivity contribution in [1.82, 2.24) is 10.6 Å². The van der Waals surface area contributed by atoms with Crippen LogP contribution in [0.3, 0.4) is 0 Å². The molecule has 1 aromatic rings. The molecule has 4 N–H and O–H groups in total. The number of hydrogen-bond acceptors (Lipinski definition) is 3. The van der Waals surface area contributed by atoms with E-state index in [1.807, 2.05) is 0 Å². The van der Waals surface area contributed by atoms with Gasteiger partial charge in [-0.25, -0.2) is 4.79 Å². The number of hydrogen-bond donors (Lipinski definition) is 3. The van der Waals surface area contributed by atoms with Crippen molar-refractivity contribution in [3.8, 4) is 0 Å². The smallest absolute Gasteiger partial charge is 0.321 e. The van der Waals surface area contributed by atoms with Crippen molar-refractivity contribution in [3.63, 3.8) is 0 Å². The Morgan fingerprint density at radius 2 is 2.00 bits per heavy atom. The molecule has 2 rings (SSSR count). The first-order valence-electron chi connectivity index (χ1n) is 7.67. The lowest BCUT2D eigenvalue weighted by Crippen LogP contribution is -2.41. The standard InChI is InChI=1S/C16H24N4O2.ClH/c1-11(2)9-13(10-17)19-15(21)12-3-5-14(6-4-12)20-8-7-18-16(20)22;/h3-6,11,13H,7-10,17H2,1-2H3,(H,18,22)(H,19,21);1H. The third-order valence-electron chi connectivity index (χ3n) is 3.67. The maximum absolute atomic E-state index is 12.2. The molecule has 6 nitrogen and oxygen atoms in total. The van der Waals surface area contributed by atoms with Crippen molar-refractivity contribution >= 4 is 30.0 Å². The number of carbonyl (C=O) groups is 2. The third-order valence-corrected chi connectivity index (χ3v) is 3.67. The molecule has 0 saturated carbocycles. The van der Waals surface area contributed by atoms with E-state index in [9.17, 15) is 9.59 Å². The largest absolute Gasteiger partial charge is 0.348 e. The molecule has 1 heterocycles. The van der Waals surface area contributed by atoms with Crippen LogP contribution in [0.2, 0.25) is 0 Å². The van der Waals surface area contributed by atoms with E-state index in [0.29, 0.717) is 31.1 Å². The highest BCUT2D eigenvalue weighted by Crippen LogP contribution is 2.17. The van der Waals surface area contributed by atoms with E-state index in [1.54, 1.807) is 29.2 Å². The molecule has 3 amide bonds. The summed E-state index contributed by atoms with van der Waals surface area (Å²) in [7, 11) is 0. The molecule has 128 valence electrons. The fraction of sp³-hybridized carbons (Fsp3) is 0.500. The second kappa shape index (κ2) is 8.74. The highest BCUT2D eigenvalue weighted by Gasteiger charge is 2.21. The van der Waals surface area contributed by atoms with Gasteiger partial charge in [0.1, 0.15) is 0 Å². The van der Waals surface area contributed by atoms with Crippen molar-refractivity contribution in [2.75, 3.05) is 24.5 Å². The first-order chi connectivity index (χ1) is 10.5. The van der Waals surface area contributed by atoms with E-state index in [0.717, 1.165) is 12.1 Å². The maximum atomic E-state index is 12.2. The molecule has 1 unspecified atom stereocenters. The Kier molecular flexibility index (Phi) is 7.32. The SMILES string of the molecule is CC(C)CC(CN)NC(=O)c1ccc(N2CCNC2=O)cc1.Cl. The molecule has 0 aromatic heterocycles. The predicted molar refractivity (Wildman–Crippen MR) is 94.2 cm³/mol. The van der Waals surface area contributed by atoms with Gasteiger partial charge in [-0.05, 0) is 36.6 Å². The Labute approximate surface area is 143 Å². The number of rotatable bonds is 6. The highest BCUT2D eigenvalue weighted by atomic mass is 35.5. The minimum atomic E-state index is -0.131. The molecule has 1 atom stereocenters. The van der Waals surface area contributed by atoms with Gasteiger partial charge in [-0.2, -0.15) is 0 Å². The summed E-state index contributed by atoms with van der Waals surface area (Å²) in [6.07, 6.45) is 0.855. The fourth-order valence-electron chi connectivity index (χ4n) is 2.56. The molecule has 1 aromatic carbocycles. The zero-order chi connectivity index (χ0) is 16.1. The number of anilines is 1. The fourth-order valence-corrected chi connectivity index (χ4v) is 2.56. The van der Waals surface area contributed by atoms with Gasteiger partial charge in [0.25, 0.3) is 5.91 Å². The van der Waals surface area contributed by atoms with Gasteiger partial charge in [0, 0.05) is 36.9 Å². The number of amides is 3. The quantitative estimate of drug-likeness (QED) is 0.737. The van der Waals surface area contributed by atoms with E-state index in [2.05, 4.69) is 24.5 Å². The lowest BCUT2D eigenvalue weighted by atomic mass is 10.0. The summed E-state index contributed by atoms with van der Waals surface area (Å²) in [6, 6.07) is 6.94. The number of benzene rings is 1. The molecule has 1 aliphatic heterocycles. The number of nitrogens with two attached hydrogens (primary N) is 1. The lowest BCUT2D eigenvalue weighted by molar-refractivity contribution is 0.0934. The van der Waals surface area contributed by atoms with Crippen LogP contribution >= 0.6 is 12.4 Å². The van der Waals surface area contributed by atoms with E-state index < -0.39 is 0 Å². The van der Waals surface area contributed by atoms with Crippen LogP contribution in [-0.4, -0.2) is 37.6 Å². The minimum absolute atomic E-state index is 0. The second-order valence-electron chi connectivity index (χ2n) is 5.97. The van der Waals surface area contributed by atoms with E-state index in [-0.39, 0.29) is 30.4 Å². The molecule has 1 fully saturated rings. The van der Waals surface area contributed by atoms with Crippen molar-refractivity contribution in [2.24, 2.45) is 11.7 Å². The van der Waals surface area contributed by atoms with Gasteiger partial charge in [-0.15, -0.1) is 12.4 Å². The second-order valence-corrected chi connectivity index (χ2v) is 5.97. The maximum Gasteiger partial charge on any atom is 0.321 e. The van der Waals surface area contributed by atoms with Gasteiger partial charge in [0.05, 0.1) is 0 Å². The zero-order valence-corrected chi connectivity index (χ0v) is 14.4. The molecular formula is C16H25ClN4O2. The summed E-state index contributed by atoms with van der Waals surface area (Å²) in [4.78, 5) is 25.5. The summed E-state index contributed by atoms with van der Waals surface area (Å²) in [5.41, 5.74) is 7.07. The number of nitrogens with zero attached hydrogens (tertiary/aromatic N) is 1. The summed E-state index contributed by atoms with van der Waals surface area (Å²) in [6.45, 7) is 5.92. The molecule has 0 spiro atoms. The van der Waals surface area contributed by atoms with Crippen LogP contribution < -0.4 is 21.3 Å². The van der Waals surface area contributed by atoms with Gasteiger partial charge < -0.3 is 16.4 Å². The van der Waals surface area contributed by atoms with Crippen molar-refractivity contribution < 1.29 is 9.59 Å². The third kappa shape index (κ3) is 5.11. The van der Waals surface area contributed by atoms with E-state index in [4.69, 9.17) is 5.73 Å². The summed E-state index contributed by atoms with van der Waals surface area (Å²) in [5, 5.41) is 5.71. The summed E-state index contributed by atoms with van der Waals surface area (Å²) in [5.74, 6) is 0.346. The van der Waals surface area contributed by atoms with E-state index >= 15 is 0 Å². The topological polar surface area (TPSA) is 87.5 Å². The monoisotopic (exact) mass is 340 g/mol. The Morgan fingerprint density at radius 3 is 2.48 bits per heavy atom. The minimum Gasteiger partial charge on any atom is -0.348 e. The lowest BCUT2D eigenvalue weighted by Gasteiger charge is -2.19. The number of nitrogens with one attached hydrogen (secondary N) is 2. The van der Waals surface area contributed by atoms with Crippen molar-refractivity contribution in [3.05, 3.63) is 29.8 Å². The van der Waals surface area contributed by atoms with Crippen molar-refractivity contribution in [1.29, 1.82) is 0 Å². The first-order valence-corrected chi connectivity index (χ1v) is 7.67. The number of carbonyl (C=O) groups excluding carboxylic acids is 2. The zero-order valence-electron chi connectivity index (χ0n) is 13.5. The van der Waals surface area contributed by atoms with E-state index in [1.165, 1.54) is 0 Å². The first kappa shape index (κ1) is 19.3. The number of urea groups is 1. The Bertz CT molecular complexity index is 533. The van der Waals surface area contributed by atoms with Crippen LogP contribution in [0, 0.1) is 5.92 Å². The van der Waals surface area contributed by atoms with Gasteiger partial charge in [-0.1, -0.05) is 13.8 Å². The predicted octanol–water partition coefficient (Wildman–Crippen LogP) is 1.74. The van der Waals surface area contributed by atoms with Crippen LogP contribution in [0.5, 0.6) is 0 Å². The number of halogens is 1. The van der Waals surface area contributed by atoms with Crippen LogP contribution in [0.25, 0.3) is 0 Å². The van der Waals surface area contributed by atoms with Crippen molar-refractivity contribution in [2.45, 2.75) is 26.3 Å². The molecule has 7 heteroatoms. The summed E-state index contributed by atoms with van der Waals surface area (Å²) < 4.78 is 0. The molecular weight excluding hydrogens is 316 g/mol. The molecule has 0 bridgehead atoms. The Hall–Kier alpha value is -1.79. The van der Waals surface area contributed by atoms with Gasteiger partial charge in [0.2, 0.25) is 0 Å².